The lowest BCUT2D eigenvalue weighted by Gasteiger charge is -2.17. The Labute approximate surface area is 113 Å². The zero-order valence-corrected chi connectivity index (χ0v) is 11.5. The molecule has 5 heteroatoms. The number of likely N-dealkylation sites (N-methyl/N-ethyl adjacent to an activating group) is 1. The summed E-state index contributed by atoms with van der Waals surface area (Å²) in [6.07, 6.45) is 0. The van der Waals surface area contributed by atoms with E-state index in [9.17, 15) is 9.59 Å². The molecule has 1 aromatic rings. The number of benzene rings is 1. The molecule has 0 atom stereocenters. The maximum atomic E-state index is 11.8. The molecule has 0 unspecified atom stereocenters. The van der Waals surface area contributed by atoms with Gasteiger partial charge in [0.1, 0.15) is 0 Å². The fraction of sp³-hybridized carbons (Fsp3) is 0.429. The molecule has 0 radical (unpaired) electrons. The van der Waals surface area contributed by atoms with Crippen molar-refractivity contribution in [1.82, 2.24) is 10.2 Å². The Bertz CT molecular complexity index is 425. The van der Waals surface area contributed by atoms with E-state index < -0.39 is 5.91 Å². The van der Waals surface area contributed by atoms with Crippen molar-refractivity contribution < 1.29 is 9.59 Å². The van der Waals surface area contributed by atoms with E-state index in [1.165, 1.54) is 0 Å². The first-order chi connectivity index (χ1) is 9.08. The van der Waals surface area contributed by atoms with Gasteiger partial charge in [0.25, 0.3) is 5.91 Å². The first-order valence-corrected chi connectivity index (χ1v) is 6.48. The largest absolute Gasteiger partial charge is 0.366 e. The highest BCUT2D eigenvalue weighted by Gasteiger charge is 2.07. The average Bonchev–Trinajstić information content (AvgIpc) is 2.43. The molecule has 0 bridgehead atoms. The van der Waals surface area contributed by atoms with Crippen LogP contribution in [-0.2, 0) is 0 Å². The molecule has 104 valence electrons. The highest BCUT2D eigenvalue weighted by atomic mass is 16.2. The van der Waals surface area contributed by atoms with Crippen LogP contribution in [0.3, 0.4) is 0 Å². The quantitative estimate of drug-likeness (QED) is 0.766. The zero-order valence-electron chi connectivity index (χ0n) is 11.5. The van der Waals surface area contributed by atoms with Crippen LogP contribution in [0, 0.1) is 0 Å². The van der Waals surface area contributed by atoms with E-state index in [4.69, 9.17) is 5.73 Å². The number of hydrogen-bond acceptors (Lipinski definition) is 3. The third-order valence-electron chi connectivity index (χ3n) is 3.04. The Hall–Kier alpha value is -1.88. The smallest absolute Gasteiger partial charge is 0.251 e. The third kappa shape index (κ3) is 4.71. The summed E-state index contributed by atoms with van der Waals surface area (Å²) >= 11 is 0. The van der Waals surface area contributed by atoms with E-state index in [0.29, 0.717) is 17.7 Å². The van der Waals surface area contributed by atoms with Gasteiger partial charge in [-0.25, -0.2) is 0 Å². The minimum atomic E-state index is -0.492. The summed E-state index contributed by atoms with van der Waals surface area (Å²) in [6, 6.07) is 6.32. The topological polar surface area (TPSA) is 75.4 Å². The van der Waals surface area contributed by atoms with Crippen molar-refractivity contribution in [2.45, 2.75) is 13.8 Å². The van der Waals surface area contributed by atoms with Gasteiger partial charge in [-0.3, -0.25) is 9.59 Å². The number of primary amides is 1. The predicted octanol–water partition coefficient (Wildman–Crippen LogP) is 0.857. The fourth-order valence-corrected chi connectivity index (χ4v) is 1.76. The zero-order chi connectivity index (χ0) is 14.3. The summed E-state index contributed by atoms with van der Waals surface area (Å²) in [5, 5.41) is 2.85. The van der Waals surface area contributed by atoms with Gasteiger partial charge >= 0.3 is 0 Å². The van der Waals surface area contributed by atoms with Gasteiger partial charge in [0.2, 0.25) is 5.91 Å². The number of carbonyl (C=O) groups is 2. The molecule has 19 heavy (non-hydrogen) atoms. The maximum absolute atomic E-state index is 11.8. The average molecular weight is 263 g/mol. The van der Waals surface area contributed by atoms with Gasteiger partial charge in [-0.1, -0.05) is 13.8 Å². The minimum Gasteiger partial charge on any atom is -0.366 e. The number of nitrogens with zero attached hydrogens (tertiary/aromatic N) is 1. The lowest BCUT2D eigenvalue weighted by atomic mass is 10.1. The van der Waals surface area contributed by atoms with Gasteiger partial charge in [-0.2, -0.15) is 0 Å². The van der Waals surface area contributed by atoms with E-state index in [0.717, 1.165) is 19.6 Å². The molecule has 2 amide bonds. The molecule has 1 rings (SSSR count). The van der Waals surface area contributed by atoms with Crippen LogP contribution in [0.25, 0.3) is 0 Å². The number of amides is 2. The van der Waals surface area contributed by atoms with Crippen molar-refractivity contribution in [3.8, 4) is 0 Å². The Morgan fingerprint density at radius 1 is 1.11 bits per heavy atom. The molecule has 0 aliphatic heterocycles. The lowest BCUT2D eigenvalue weighted by molar-refractivity contribution is 0.0946. The molecule has 0 aliphatic carbocycles. The first-order valence-electron chi connectivity index (χ1n) is 6.48. The number of nitrogens with two attached hydrogens (primary N) is 1. The van der Waals surface area contributed by atoms with Crippen LogP contribution in [-0.4, -0.2) is 42.9 Å². The van der Waals surface area contributed by atoms with Crippen LogP contribution in [0.5, 0.6) is 0 Å². The highest BCUT2D eigenvalue weighted by molar-refractivity contribution is 5.97. The Morgan fingerprint density at radius 2 is 1.63 bits per heavy atom. The van der Waals surface area contributed by atoms with Gasteiger partial charge in [-0.05, 0) is 37.4 Å². The number of nitrogens with one attached hydrogen (secondary N) is 1. The van der Waals surface area contributed by atoms with Crippen molar-refractivity contribution in [2.24, 2.45) is 5.73 Å². The van der Waals surface area contributed by atoms with Gasteiger partial charge in [0, 0.05) is 24.2 Å². The Balaban J connectivity index is 2.47. The number of hydrogen-bond donors (Lipinski definition) is 2. The van der Waals surface area contributed by atoms with E-state index in [1.807, 2.05) is 0 Å². The summed E-state index contributed by atoms with van der Waals surface area (Å²) in [5.41, 5.74) is 6.07. The van der Waals surface area contributed by atoms with Gasteiger partial charge in [-0.15, -0.1) is 0 Å². The second kappa shape index (κ2) is 7.53. The second-order valence-electron chi connectivity index (χ2n) is 4.22. The van der Waals surface area contributed by atoms with Gasteiger partial charge < -0.3 is 16.0 Å². The van der Waals surface area contributed by atoms with Crippen LogP contribution >= 0.6 is 0 Å². The van der Waals surface area contributed by atoms with E-state index >= 15 is 0 Å². The molecule has 0 aromatic heterocycles. The van der Waals surface area contributed by atoms with Crippen LogP contribution in [0.4, 0.5) is 0 Å². The Morgan fingerprint density at radius 3 is 2.11 bits per heavy atom. The molecule has 0 saturated carbocycles. The van der Waals surface area contributed by atoms with Crippen molar-refractivity contribution in [1.29, 1.82) is 0 Å². The van der Waals surface area contributed by atoms with Crippen LogP contribution in [0.2, 0.25) is 0 Å². The van der Waals surface area contributed by atoms with Crippen molar-refractivity contribution >= 4 is 11.8 Å². The molecular formula is C14H21N3O2. The molecule has 0 fully saturated rings. The molecular weight excluding hydrogens is 242 g/mol. The molecule has 0 saturated heterocycles. The predicted molar refractivity (Wildman–Crippen MR) is 75.1 cm³/mol. The Kier molecular flexibility index (Phi) is 6.02. The first kappa shape index (κ1) is 15.2. The highest BCUT2D eigenvalue weighted by Crippen LogP contribution is 2.03. The van der Waals surface area contributed by atoms with Crippen molar-refractivity contribution in [3.63, 3.8) is 0 Å². The minimum absolute atomic E-state index is 0.136. The summed E-state index contributed by atoms with van der Waals surface area (Å²) in [5.74, 6) is -0.628. The number of rotatable bonds is 7. The van der Waals surface area contributed by atoms with Gasteiger partial charge in [0.05, 0.1) is 0 Å². The SMILES string of the molecule is CCN(CC)CCNC(=O)c1ccc(C(N)=O)cc1. The van der Waals surface area contributed by atoms with Crippen LogP contribution < -0.4 is 11.1 Å². The monoisotopic (exact) mass is 263 g/mol. The van der Waals surface area contributed by atoms with Crippen LogP contribution in [0.15, 0.2) is 24.3 Å². The summed E-state index contributed by atoms with van der Waals surface area (Å²) in [6.45, 7) is 7.57. The molecule has 5 nitrogen and oxygen atoms in total. The standard InChI is InChI=1S/C14H21N3O2/c1-3-17(4-2)10-9-16-14(19)12-7-5-11(6-8-12)13(15)18/h5-8H,3-4,9-10H2,1-2H3,(H2,15,18)(H,16,19). The molecule has 0 spiro atoms. The van der Waals surface area contributed by atoms with Gasteiger partial charge in [0.15, 0.2) is 0 Å². The number of carbonyl (C=O) groups excluding carboxylic acids is 2. The summed E-state index contributed by atoms with van der Waals surface area (Å²) in [7, 11) is 0. The van der Waals surface area contributed by atoms with Crippen molar-refractivity contribution in [3.05, 3.63) is 35.4 Å². The molecule has 1 aromatic carbocycles. The summed E-state index contributed by atoms with van der Waals surface area (Å²) < 4.78 is 0. The normalized spacial score (nSPS) is 10.5. The third-order valence-corrected chi connectivity index (χ3v) is 3.04. The van der Waals surface area contributed by atoms with E-state index in [2.05, 4.69) is 24.1 Å². The van der Waals surface area contributed by atoms with Crippen LogP contribution in [0.1, 0.15) is 34.6 Å². The molecule has 3 N–H and O–H groups in total. The molecule has 0 heterocycles. The van der Waals surface area contributed by atoms with Crippen molar-refractivity contribution in [2.75, 3.05) is 26.2 Å². The molecule has 0 aliphatic rings. The summed E-state index contributed by atoms with van der Waals surface area (Å²) in [4.78, 5) is 25.0. The lowest BCUT2D eigenvalue weighted by Crippen LogP contribution is -2.34. The fourth-order valence-electron chi connectivity index (χ4n) is 1.76. The second-order valence-corrected chi connectivity index (χ2v) is 4.22. The maximum Gasteiger partial charge on any atom is 0.251 e. The van der Waals surface area contributed by atoms with E-state index in [1.54, 1.807) is 24.3 Å². The van der Waals surface area contributed by atoms with E-state index in [-0.39, 0.29) is 5.91 Å².